The number of furan rings is 2. The van der Waals surface area contributed by atoms with Crippen molar-refractivity contribution in [2.24, 2.45) is 0 Å². The maximum atomic E-state index is 7.01. The van der Waals surface area contributed by atoms with Crippen LogP contribution in [-0.4, -0.2) is 22.3 Å². The topological polar surface area (TPSA) is 35.5 Å². The number of ether oxygens (including phenoxy) is 1. The van der Waals surface area contributed by atoms with Gasteiger partial charge in [-0.3, -0.25) is 0 Å². The van der Waals surface area contributed by atoms with Crippen LogP contribution >= 0.6 is 0 Å². The predicted molar refractivity (Wildman–Crippen MR) is 642 cm³/mol. The summed E-state index contributed by atoms with van der Waals surface area (Å²) >= 11 is 0. The normalized spacial score (nSPS) is 14.4. The Labute approximate surface area is 862 Å². The quantitative estimate of drug-likeness (QED) is 0.0821. The summed E-state index contributed by atoms with van der Waals surface area (Å²) in [4.78, 5) is 0. The summed E-state index contributed by atoms with van der Waals surface area (Å²) in [6.45, 7) is 42.2. The van der Waals surface area contributed by atoms with E-state index in [1.54, 1.807) is 0 Å². The van der Waals surface area contributed by atoms with Crippen LogP contribution in [0.4, 0.5) is 0 Å². The summed E-state index contributed by atoms with van der Waals surface area (Å²) in [6.07, 6.45) is 7.01. The second-order valence-electron chi connectivity index (χ2n) is 48.1. The van der Waals surface area contributed by atoms with Crippen LogP contribution in [0.2, 0.25) is 39.3 Å². The molecule has 3 heterocycles. The number of rotatable bonds is 9. The number of para-hydroxylation sites is 2. The van der Waals surface area contributed by atoms with E-state index in [0.717, 1.165) is 55.2 Å². The summed E-state index contributed by atoms with van der Waals surface area (Å²) in [5, 5.41) is 38.9. The molecule has 2 atom stereocenters. The molecule has 0 amide bonds. The molecule has 0 spiro atoms. The third-order valence-corrected chi connectivity index (χ3v) is 36.6. The van der Waals surface area contributed by atoms with E-state index in [1.165, 1.54) is 240 Å². The van der Waals surface area contributed by atoms with Crippen molar-refractivity contribution in [3.05, 3.63) is 422 Å². The molecule has 26 aromatic rings. The minimum Gasteiger partial charge on any atom is -0.484 e. The Morgan fingerprint density at radius 2 is 0.660 bits per heavy atom. The van der Waals surface area contributed by atoms with E-state index in [1.807, 2.05) is 0 Å². The SMILES string of the molecule is CC(C)(C)c1cc(-c2ccc3oc4ccc(-c5ccc6ccc7cccc8ccc5c6c78)cc4c3c2)c2cc(C(C)(C)C)ccc2c1.CC(C)(C)c1ccc2c(-c3cccc4c3oc3ccccc34)c3cc(C(C)(C)C)ccc3c(-c3cccc([Si](C)(C)C)c3)c2c1.C[Si](C)(C)c1ccc(-c2cc(-c3ccc4ccc5cccc6ccc3c4c56)cc3c2OC2C=CC(c4ccc5ccc6cccc7ccc4c5c67)=CC32)cc1. The molecule has 0 fully saturated rings. The molecule has 1 aliphatic heterocycles. The van der Waals surface area contributed by atoms with Crippen molar-refractivity contribution >= 4 is 205 Å². The minimum atomic E-state index is -1.53. The molecule has 147 heavy (non-hydrogen) atoms. The molecule has 0 saturated carbocycles. The molecule has 24 aromatic carbocycles. The van der Waals surface area contributed by atoms with Crippen molar-refractivity contribution in [2.75, 3.05) is 0 Å². The van der Waals surface area contributed by atoms with Crippen LogP contribution in [0.1, 0.15) is 122 Å². The Morgan fingerprint density at radius 3 is 1.20 bits per heavy atom. The number of fused-ring (bicyclic) bond motifs is 12. The van der Waals surface area contributed by atoms with Gasteiger partial charge < -0.3 is 13.6 Å². The van der Waals surface area contributed by atoms with Crippen molar-refractivity contribution in [1.82, 2.24) is 0 Å². The lowest BCUT2D eigenvalue weighted by molar-refractivity contribution is 0.270. The highest BCUT2D eigenvalue weighted by molar-refractivity contribution is 6.89. The summed E-state index contributed by atoms with van der Waals surface area (Å²) in [5.74, 6) is 1.10. The van der Waals surface area contributed by atoms with Gasteiger partial charge in [0, 0.05) is 49.7 Å². The second-order valence-corrected chi connectivity index (χ2v) is 58.3. The van der Waals surface area contributed by atoms with Crippen LogP contribution < -0.4 is 15.1 Å². The van der Waals surface area contributed by atoms with Gasteiger partial charge >= 0.3 is 0 Å². The first-order valence-electron chi connectivity index (χ1n) is 52.6. The maximum Gasteiger partial charge on any atom is 0.143 e. The molecule has 28 rings (SSSR count). The fourth-order valence-electron chi connectivity index (χ4n) is 24.3. The zero-order valence-electron chi connectivity index (χ0n) is 87.3. The van der Waals surface area contributed by atoms with Gasteiger partial charge in [0.1, 0.15) is 34.2 Å². The van der Waals surface area contributed by atoms with Gasteiger partial charge in [0.05, 0.1) is 16.1 Å². The van der Waals surface area contributed by atoms with Crippen LogP contribution in [0, 0.1) is 0 Å². The van der Waals surface area contributed by atoms with Crippen molar-refractivity contribution in [2.45, 2.75) is 156 Å². The van der Waals surface area contributed by atoms with E-state index < -0.39 is 16.1 Å². The standard InChI is InChI=1S/C53H38OSi.C46H38O.C43H44OSi/c1-55(2,3)40-21-14-31(15-22-40)45-29-39(42-24-17-37-13-11-33-7-5-9-35-19-26-44(42)52(37)50(33)35)30-47-46-28-38(20-27-48(46)54-53(45)47)41-23-16-36-12-10-32-6-4-8-34-18-25-43(41)51(36)49(32)34;1-45(2,3)33-17-12-30-22-34(46(4,5)6)26-38(37(30)25-33)32-16-21-42-40(24-32)39-23-31(15-20-41(39)47-42)35-18-13-29-11-10-27-8-7-9-28-14-19-36(35)44(29)43(27)28;1-42(2,3)28-21-23-33-36(25-28)39(27-14-12-15-30(24-27)45(7,8)9)32-22-20-29(43(4,5)6)26-37(32)40(33)35-18-13-17-34-31-16-10-11-19-38(31)44-41(34)35/h4-30,46,48H,1-3H3;7-26H,1-6H3;10-26H,1-9H3. The molecular weight excluding hydrogens is 1810 g/mol. The Bertz CT molecular complexity index is 9970. The molecular formula is C142H120O3Si2. The molecule has 2 aromatic heterocycles. The summed E-state index contributed by atoms with van der Waals surface area (Å²) in [6, 6.07) is 139. The monoisotopic (exact) mass is 1930 g/mol. The smallest absolute Gasteiger partial charge is 0.143 e. The van der Waals surface area contributed by atoms with Crippen molar-refractivity contribution in [3.63, 3.8) is 0 Å². The molecule has 1 aliphatic carbocycles. The van der Waals surface area contributed by atoms with E-state index in [4.69, 9.17) is 13.6 Å². The van der Waals surface area contributed by atoms with Crippen LogP contribution in [0.15, 0.2) is 397 Å². The molecule has 3 nitrogen and oxygen atoms in total. The first-order chi connectivity index (χ1) is 70.6. The van der Waals surface area contributed by atoms with Crippen LogP contribution in [0.5, 0.6) is 5.75 Å². The molecule has 0 saturated heterocycles. The fourth-order valence-corrected chi connectivity index (χ4v) is 26.7. The number of hydrogen-bond donors (Lipinski definition) is 0. The Hall–Kier alpha value is -15.5. The minimum absolute atomic E-state index is 0.0137. The third-order valence-electron chi connectivity index (χ3n) is 32.5. The van der Waals surface area contributed by atoms with E-state index >= 15 is 0 Å². The van der Waals surface area contributed by atoms with E-state index in [9.17, 15) is 0 Å². The average Bonchev–Trinajstić information content (AvgIpc) is 1.58. The van der Waals surface area contributed by atoms with Gasteiger partial charge in [-0.15, -0.1) is 0 Å². The van der Waals surface area contributed by atoms with Gasteiger partial charge in [0.2, 0.25) is 0 Å². The van der Waals surface area contributed by atoms with Gasteiger partial charge in [0.25, 0.3) is 0 Å². The molecule has 0 radical (unpaired) electrons. The summed E-state index contributed by atoms with van der Waals surface area (Å²) in [5.41, 5.74) is 27.9. The highest BCUT2D eigenvalue weighted by Gasteiger charge is 2.38. The second kappa shape index (κ2) is 33.5. The van der Waals surface area contributed by atoms with Crippen LogP contribution in [0.25, 0.3) is 245 Å². The van der Waals surface area contributed by atoms with Crippen LogP contribution in [0.3, 0.4) is 0 Å². The lowest BCUT2D eigenvalue weighted by Gasteiger charge is -2.25. The number of hydrogen-bond acceptors (Lipinski definition) is 3. The van der Waals surface area contributed by atoms with Gasteiger partial charge in [-0.1, -0.05) is 454 Å². The zero-order valence-corrected chi connectivity index (χ0v) is 89.3. The maximum absolute atomic E-state index is 7.01. The number of allylic oxidation sites excluding steroid dienone is 2. The molecule has 0 bridgehead atoms. The first-order valence-corrected chi connectivity index (χ1v) is 59.6. The molecule has 2 aliphatic rings. The third kappa shape index (κ3) is 15.4. The largest absolute Gasteiger partial charge is 0.484 e. The molecule has 714 valence electrons. The highest BCUT2D eigenvalue weighted by Crippen LogP contribution is 2.55. The first kappa shape index (κ1) is 91.4. The van der Waals surface area contributed by atoms with Crippen molar-refractivity contribution in [1.29, 1.82) is 0 Å². The zero-order chi connectivity index (χ0) is 101. The fraction of sp³-hybridized carbons (Fsp3) is 0.169. The average molecular weight is 1930 g/mol. The predicted octanol–water partition coefficient (Wildman–Crippen LogP) is 39.8. The Morgan fingerprint density at radius 1 is 0.231 bits per heavy atom. The van der Waals surface area contributed by atoms with E-state index in [2.05, 4.69) is 511 Å². The van der Waals surface area contributed by atoms with E-state index in [-0.39, 0.29) is 33.7 Å². The Balaban J connectivity index is 0.000000113. The van der Waals surface area contributed by atoms with Gasteiger partial charge in [-0.2, -0.15) is 0 Å². The van der Waals surface area contributed by atoms with Crippen molar-refractivity contribution in [3.8, 4) is 72.5 Å². The molecule has 2 unspecified atom stereocenters. The van der Waals surface area contributed by atoms with Gasteiger partial charge in [0.15, 0.2) is 0 Å². The summed E-state index contributed by atoms with van der Waals surface area (Å²) in [7, 11) is -2.99. The Kier molecular flexibility index (Phi) is 20.8. The summed E-state index contributed by atoms with van der Waals surface area (Å²) < 4.78 is 20.1. The lowest BCUT2D eigenvalue weighted by Crippen LogP contribution is -2.37. The van der Waals surface area contributed by atoms with Crippen molar-refractivity contribution < 1.29 is 13.6 Å². The van der Waals surface area contributed by atoms with Gasteiger partial charge in [-0.25, -0.2) is 0 Å². The van der Waals surface area contributed by atoms with Gasteiger partial charge in [-0.05, 0) is 301 Å². The highest BCUT2D eigenvalue weighted by atomic mass is 28.3. The molecule has 5 heteroatoms. The molecule has 0 N–H and O–H groups in total. The van der Waals surface area contributed by atoms with E-state index in [0.29, 0.717) is 0 Å². The van der Waals surface area contributed by atoms with Crippen LogP contribution in [-0.2, 0) is 21.7 Å². The number of benzene rings is 24. The lowest BCUT2D eigenvalue weighted by atomic mass is 9.79.